The van der Waals surface area contributed by atoms with E-state index in [2.05, 4.69) is 4.98 Å². The van der Waals surface area contributed by atoms with E-state index in [-0.39, 0.29) is 0 Å². The van der Waals surface area contributed by atoms with Crippen LogP contribution in [0.2, 0.25) is 0 Å². The molecular formula is C14H11NO. The summed E-state index contributed by atoms with van der Waals surface area (Å²) < 4.78 is 0. The van der Waals surface area contributed by atoms with Crippen LogP contribution in [0.1, 0.15) is 0 Å². The summed E-state index contributed by atoms with van der Waals surface area (Å²) in [6.45, 7) is 0. The van der Waals surface area contributed by atoms with Crippen molar-refractivity contribution in [1.82, 2.24) is 4.98 Å². The summed E-state index contributed by atoms with van der Waals surface area (Å²) in [5.41, 5.74) is 2.94. The molecule has 0 bridgehead atoms. The van der Waals surface area contributed by atoms with E-state index >= 15 is 0 Å². The third-order valence-corrected chi connectivity index (χ3v) is 2.72. The van der Waals surface area contributed by atoms with Gasteiger partial charge in [0.15, 0.2) is 0 Å². The number of hydrogen-bond acceptors (Lipinski definition) is 1. The Hall–Kier alpha value is -2.22. The second kappa shape index (κ2) is 3.42. The van der Waals surface area contributed by atoms with Crippen LogP contribution in [0.3, 0.4) is 0 Å². The lowest BCUT2D eigenvalue weighted by atomic mass is 10.1. The van der Waals surface area contributed by atoms with E-state index in [9.17, 15) is 5.11 Å². The van der Waals surface area contributed by atoms with Crippen molar-refractivity contribution in [2.75, 3.05) is 0 Å². The number of aromatic amines is 1. The van der Waals surface area contributed by atoms with Gasteiger partial charge < -0.3 is 10.1 Å². The van der Waals surface area contributed by atoms with Crippen molar-refractivity contribution >= 4 is 10.9 Å². The number of phenolic OH excluding ortho intramolecular Hbond substituents is 1. The Morgan fingerprint density at radius 1 is 0.875 bits per heavy atom. The van der Waals surface area contributed by atoms with Gasteiger partial charge >= 0.3 is 0 Å². The maximum absolute atomic E-state index is 9.70. The van der Waals surface area contributed by atoms with Gasteiger partial charge in [0.1, 0.15) is 5.75 Å². The highest BCUT2D eigenvalue weighted by atomic mass is 16.3. The summed E-state index contributed by atoms with van der Waals surface area (Å²) in [6.07, 6.45) is 0. The first-order valence-corrected chi connectivity index (χ1v) is 5.21. The molecule has 0 amide bonds. The number of benzene rings is 2. The monoisotopic (exact) mass is 209 g/mol. The molecule has 1 heterocycles. The Kier molecular flexibility index (Phi) is 1.93. The Morgan fingerprint density at radius 3 is 2.44 bits per heavy atom. The van der Waals surface area contributed by atoms with Crippen molar-refractivity contribution in [3.05, 3.63) is 54.6 Å². The van der Waals surface area contributed by atoms with Gasteiger partial charge in [0.25, 0.3) is 0 Å². The van der Waals surface area contributed by atoms with Crippen LogP contribution >= 0.6 is 0 Å². The summed E-state index contributed by atoms with van der Waals surface area (Å²) in [7, 11) is 0. The van der Waals surface area contributed by atoms with Gasteiger partial charge in [-0.3, -0.25) is 0 Å². The van der Waals surface area contributed by atoms with Gasteiger partial charge in [-0.1, -0.05) is 42.5 Å². The smallest absolute Gasteiger partial charge is 0.139 e. The number of para-hydroxylation sites is 1. The fourth-order valence-electron chi connectivity index (χ4n) is 1.91. The molecule has 0 unspecified atom stereocenters. The van der Waals surface area contributed by atoms with E-state index in [1.165, 1.54) is 0 Å². The lowest BCUT2D eigenvalue weighted by Crippen LogP contribution is -1.75. The number of rotatable bonds is 1. The molecule has 78 valence electrons. The molecule has 2 N–H and O–H groups in total. The molecule has 2 nitrogen and oxygen atoms in total. The maximum Gasteiger partial charge on any atom is 0.139 e. The molecule has 3 rings (SSSR count). The summed E-state index contributed by atoms with van der Waals surface area (Å²) >= 11 is 0. The van der Waals surface area contributed by atoms with E-state index in [4.69, 9.17) is 0 Å². The summed E-state index contributed by atoms with van der Waals surface area (Å²) in [5.74, 6) is 0.291. The first-order chi connectivity index (χ1) is 7.84. The Morgan fingerprint density at radius 2 is 1.69 bits per heavy atom. The predicted octanol–water partition coefficient (Wildman–Crippen LogP) is 3.54. The van der Waals surface area contributed by atoms with Crippen LogP contribution in [0, 0.1) is 0 Å². The van der Waals surface area contributed by atoms with Gasteiger partial charge in [0.2, 0.25) is 0 Å². The number of phenols is 1. The zero-order valence-corrected chi connectivity index (χ0v) is 8.64. The van der Waals surface area contributed by atoms with Gasteiger partial charge in [-0.25, -0.2) is 0 Å². The van der Waals surface area contributed by atoms with Crippen LogP contribution in [0.4, 0.5) is 0 Å². The molecule has 16 heavy (non-hydrogen) atoms. The van der Waals surface area contributed by atoms with E-state index in [1.54, 1.807) is 6.07 Å². The molecule has 0 saturated heterocycles. The molecule has 0 aliphatic carbocycles. The number of hydrogen-bond donors (Lipinski definition) is 2. The molecule has 2 aromatic carbocycles. The number of H-pyrrole nitrogens is 1. The van der Waals surface area contributed by atoms with E-state index in [0.29, 0.717) is 5.75 Å². The number of aromatic nitrogens is 1. The van der Waals surface area contributed by atoms with Crippen LogP contribution in [0.25, 0.3) is 22.2 Å². The standard InChI is InChI=1S/C14H11NO/c16-13-8-4-7-11-9-12(15-14(11)13)10-5-2-1-3-6-10/h1-9,15-16H. The molecule has 0 fully saturated rings. The lowest BCUT2D eigenvalue weighted by Gasteiger charge is -1.95. The van der Waals surface area contributed by atoms with Crippen LogP contribution in [0.5, 0.6) is 5.75 Å². The van der Waals surface area contributed by atoms with Gasteiger partial charge in [-0.05, 0) is 17.7 Å². The molecule has 0 saturated carbocycles. The average molecular weight is 209 g/mol. The van der Waals surface area contributed by atoms with E-state index in [0.717, 1.165) is 22.2 Å². The molecule has 2 heteroatoms. The molecule has 0 aliphatic heterocycles. The molecular weight excluding hydrogens is 198 g/mol. The lowest BCUT2D eigenvalue weighted by molar-refractivity contribution is 0.480. The minimum absolute atomic E-state index is 0.291. The fraction of sp³-hybridized carbons (Fsp3) is 0. The molecule has 0 radical (unpaired) electrons. The first kappa shape index (κ1) is 9.04. The normalized spacial score (nSPS) is 10.8. The van der Waals surface area contributed by atoms with Gasteiger partial charge in [0.05, 0.1) is 5.52 Å². The zero-order valence-electron chi connectivity index (χ0n) is 8.64. The second-order valence-corrected chi connectivity index (χ2v) is 3.79. The van der Waals surface area contributed by atoms with Gasteiger partial charge in [-0.2, -0.15) is 0 Å². The molecule has 0 spiro atoms. The largest absolute Gasteiger partial charge is 0.506 e. The topological polar surface area (TPSA) is 36.0 Å². The number of aromatic hydroxyl groups is 1. The number of fused-ring (bicyclic) bond motifs is 1. The third kappa shape index (κ3) is 1.36. The Labute approximate surface area is 93.2 Å². The van der Waals surface area contributed by atoms with Crippen molar-refractivity contribution in [2.24, 2.45) is 0 Å². The Balaban J connectivity index is 2.23. The van der Waals surface area contributed by atoms with Crippen LogP contribution < -0.4 is 0 Å². The SMILES string of the molecule is Oc1cccc2cc(-c3ccccc3)[nH]c12. The Bertz CT molecular complexity index is 626. The van der Waals surface area contributed by atoms with E-state index < -0.39 is 0 Å². The molecule has 1 aromatic heterocycles. The molecule has 3 aromatic rings. The van der Waals surface area contributed by atoms with Crippen LogP contribution in [0.15, 0.2) is 54.6 Å². The average Bonchev–Trinajstić information content (AvgIpc) is 2.76. The minimum atomic E-state index is 0.291. The third-order valence-electron chi connectivity index (χ3n) is 2.72. The summed E-state index contributed by atoms with van der Waals surface area (Å²) in [5, 5.41) is 10.7. The fourth-order valence-corrected chi connectivity index (χ4v) is 1.91. The van der Waals surface area contributed by atoms with Crippen molar-refractivity contribution in [3.8, 4) is 17.0 Å². The van der Waals surface area contributed by atoms with Crippen LogP contribution in [-0.4, -0.2) is 10.1 Å². The van der Waals surface area contributed by atoms with Crippen molar-refractivity contribution in [3.63, 3.8) is 0 Å². The highest BCUT2D eigenvalue weighted by molar-refractivity contribution is 5.89. The first-order valence-electron chi connectivity index (χ1n) is 5.21. The molecule has 0 atom stereocenters. The highest BCUT2D eigenvalue weighted by Gasteiger charge is 2.05. The van der Waals surface area contributed by atoms with Gasteiger partial charge in [-0.15, -0.1) is 0 Å². The molecule has 0 aliphatic rings. The van der Waals surface area contributed by atoms with Gasteiger partial charge in [0, 0.05) is 11.1 Å². The van der Waals surface area contributed by atoms with Crippen LogP contribution in [-0.2, 0) is 0 Å². The maximum atomic E-state index is 9.70. The summed E-state index contributed by atoms with van der Waals surface area (Å²) in [4.78, 5) is 3.23. The highest BCUT2D eigenvalue weighted by Crippen LogP contribution is 2.28. The van der Waals surface area contributed by atoms with Crippen molar-refractivity contribution in [2.45, 2.75) is 0 Å². The predicted molar refractivity (Wildman–Crippen MR) is 65.4 cm³/mol. The quantitative estimate of drug-likeness (QED) is 0.631. The zero-order chi connectivity index (χ0) is 11.0. The minimum Gasteiger partial charge on any atom is -0.506 e. The van der Waals surface area contributed by atoms with Crippen molar-refractivity contribution in [1.29, 1.82) is 0 Å². The second-order valence-electron chi connectivity index (χ2n) is 3.79. The summed E-state index contributed by atoms with van der Waals surface area (Å²) in [6, 6.07) is 17.6. The number of nitrogens with one attached hydrogen (secondary N) is 1. The van der Waals surface area contributed by atoms with Crippen molar-refractivity contribution < 1.29 is 5.11 Å². The van der Waals surface area contributed by atoms with E-state index in [1.807, 2.05) is 48.5 Å².